The van der Waals surface area contributed by atoms with Crippen LogP contribution in [0.2, 0.25) is 0 Å². The first-order chi connectivity index (χ1) is 32.0. The highest BCUT2D eigenvalue weighted by Gasteiger charge is 2.40. The number of aryl methyl sites for hydroxylation is 3. The zero-order valence-electron chi connectivity index (χ0n) is 36.7. The van der Waals surface area contributed by atoms with Crippen LogP contribution in [0.4, 0.5) is 5.69 Å². The Labute approximate surface area is 381 Å². The average molecular weight is 836 g/mol. The third-order valence-corrected chi connectivity index (χ3v) is 13.5. The fourth-order valence-corrected chi connectivity index (χ4v) is 10.4. The van der Waals surface area contributed by atoms with Gasteiger partial charge < -0.3 is 0 Å². The molecule has 0 radical (unpaired) electrons. The molecule has 0 bridgehead atoms. The first kappa shape index (κ1) is 39.8. The van der Waals surface area contributed by atoms with Crippen molar-refractivity contribution in [1.82, 2.24) is 10.2 Å². The molecule has 8 aromatic carbocycles. The normalized spacial score (nSPS) is 12.9. The van der Waals surface area contributed by atoms with Gasteiger partial charge in [-0.1, -0.05) is 152 Å². The molecule has 0 fully saturated rings. The topological polar surface area (TPSA) is 52.6 Å². The molecular weight excluding hydrogens is 789 g/mol. The van der Waals surface area contributed by atoms with Gasteiger partial charge in [0.2, 0.25) is 5.69 Å². The second kappa shape index (κ2) is 16.9. The molecule has 0 amide bonds. The lowest BCUT2D eigenvalue weighted by Crippen LogP contribution is -2.29. The number of nitriles is 1. The van der Waals surface area contributed by atoms with Crippen molar-refractivity contribution in [2.75, 3.05) is 6.54 Å². The number of fused-ring (bicyclic) bond motifs is 4. The molecule has 9 aromatic rings. The third kappa shape index (κ3) is 7.26. The summed E-state index contributed by atoms with van der Waals surface area (Å²) in [4.78, 5) is 0. The van der Waals surface area contributed by atoms with Crippen LogP contribution < -0.4 is 0 Å². The Bertz CT molecular complexity index is 3180. The van der Waals surface area contributed by atoms with Gasteiger partial charge in [0.05, 0.1) is 22.9 Å². The summed E-state index contributed by atoms with van der Waals surface area (Å²) >= 11 is 0. The van der Waals surface area contributed by atoms with Crippen LogP contribution in [-0.2, 0) is 12.8 Å². The minimum Gasteiger partial charge on any atom is -0.193 e. The van der Waals surface area contributed by atoms with E-state index in [0.717, 1.165) is 42.9 Å². The van der Waals surface area contributed by atoms with Crippen LogP contribution in [0.15, 0.2) is 194 Å². The lowest BCUT2D eigenvalue weighted by Gasteiger charge is -2.24. The van der Waals surface area contributed by atoms with E-state index in [2.05, 4.69) is 206 Å². The van der Waals surface area contributed by atoms with Crippen molar-refractivity contribution in [2.45, 2.75) is 39.0 Å². The monoisotopic (exact) mass is 835 g/mol. The largest absolute Gasteiger partial charge is 0.234 e. The van der Waals surface area contributed by atoms with E-state index in [0.29, 0.717) is 5.56 Å². The van der Waals surface area contributed by atoms with Gasteiger partial charge in [-0.3, -0.25) is 0 Å². The van der Waals surface area contributed by atoms with Crippen molar-refractivity contribution in [2.24, 2.45) is 0 Å². The fourth-order valence-electron chi connectivity index (χ4n) is 10.4. The van der Waals surface area contributed by atoms with Gasteiger partial charge in [0.1, 0.15) is 5.69 Å². The molecule has 4 heteroatoms. The van der Waals surface area contributed by atoms with Crippen molar-refractivity contribution in [3.8, 4) is 61.7 Å². The Kier molecular flexibility index (Phi) is 10.4. The second-order valence-electron chi connectivity index (χ2n) is 17.3. The maximum Gasteiger partial charge on any atom is 0.234 e. The highest BCUT2D eigenvalue weighted by atomic mass is 15.1. The molecule has 1 aliphatic carbocycles. The molecule has 11 rings (SSSR count). The quantitative estimate of drug-likeness (QED) is 0.136. The molecule has 0 spiro atoms. The molecule has 65 heavy (non-hydrogen) atoms. The van der Waals surface area contributed by atoms with Crippen LogP contribution in [-0.4, -0.2) is 27.0 Å². The van der Waals surface area contributed by atoms with E-state index >= 15 is 0 Å². The zero-order valence-corrected chi connectivity index (χ0v) is 36.7. The van der Waals surface area contributed by atoms with Crippen LogP contribution in [0.5, 0.6) is 0 Å². The van der Waals surface area contributed by atoms with Crippen LogP contribution in [0, 0.1) is 25.2 Å². The van der Waals surface area contributed by atoms with Gasteiger partial charge >= 0.3 is 0 Å². The van der Waals surface area contributed by atoms with E-state index in [1.807, 2.05) is 12.1 Å². The van der Waals surface area contributed by atoms with Crippen molar-refractivity contribution in [3.63, 3.8) is 0 Å². The number of nitrogens with zero attached hydrogens (tertiary/aromatic N) is 4. The number of rotatable bonds is 9. The maximum absolute atomic E-state index is 9.53. The second-order valence-corrected chi connectivity index (χ2v) is 17.3. The summed E-state index contributed by atoms with van der Waals surface area (Å²) < 4.78 is 2.59. The summed E-state index contributed by atoms with van der Waals surface area (Å²) in [5.41, 5.74) is 24.7. The van der Waals surface area contributed by atoms with Gasteiger partial charge in [-0.2, -0.15) is 14.9 Å². The number of benzene rings is 8. The summed E-state index contributed by atoms with van der Waals surface area (Å²) in [5, 5.41) is 19.4. The van der Waals surface area contributed by atoms with Gasteiger partial charge in [0.15, 0.2) is 12.3 Å². The van der Waals surface area contributed by atoms with Crippen molar-refractivity contribution in [1.29, 1.82) is 5.26 Å². The zero-order chi connectivity index (χ0) is 43.9. The van der Waals surface area contributed by atoms with Gasteiger partial charge in [0, 0.05) is 24.3 Å². The molecule has 0 N–H and O–H groups in total. The van der Waals surface area contributed by atoms with E-state index < -0.39 is 0 Å². The Morgan fingerprint density at radius 1 is 0.492 bits per heavy atom. The van der Waals surface area contributed by atoms with Gasteiger partial charge in [-0.25, -0.2) is 0 Å². The lowest BCUT2D eigenvalue weighted by atomic mass is 9.82. The first-order valence-corrected chi connectivity index (χ1v) is 22.7. The summed E-state index contributed by atoms with van der Waals surface area (Å²) in [6.45, 7) is 5.13. The predicted octanol–water partition coefficient (Wildman–Crippen LogP) is 14.1. The first-order valence-electron chi connectivity index (χ1n) is 22.7. The molecule has 2 aliphatic rings. The van der Waals surface area contributed by atoms with E-state index in [1.54, 1.807) is 0 Å². The molecule has 1 aromatic heterocycles. The highest BCUT2D eigenvalue weighted by Crippen LogP contribution is 2.56. The van der Waals surface area contributed by atoms with E-state index in [9.17, 15) is 5.26 Å². The average Bonchev–Trinajstić information content (AvgIpc) is 3.68. The molecule has 310 valence electrons. The Morgan fingerprint density at radius 2 is 0.954 bits per heavy atom. The van der Waals surface area contributed by atoms with E-state index in [-0.39, 0.29) is 5.92 Å². The summed E-state index contributed by atoms with van der Waals surface area (Å²) in [6, 6.07) is 72.6. The number of hydrogen-bond donors (Lipinski definition) is 0. The molecule has 1 aliphatic heterocycles. The molecular formula is C61H47N4+. The number of hydrogen-bond acceptors (Lipinski definition) is 3. The number of aromatic nitrogens is 2. The highest BCUT2D eigenvalue weighted by molar-refractivity contribution is 6.00. The van der Waals surface area contributed by atoms with Crippen LogP contribution in [0.25, 0.3) is 55.6 Å². The van der Waals surface area contributed by atoms with E-state index in [4.69, 9.17) is 10.2 Å². The maximum atomic E-state index is 9.53. The summed E-state index contributed by atoms with van der Waals surface area (Å²) in [6.07, 6.45) is 2.60. The van der Waals surface area contributed by atoms with Gasteiger partial charge in [-0.05, 0) is 141 Å². The molecule has 2 heterocycles. The Hall–Kier alpha value is -8.00. The van der Waals surface area contributed by atoms with Gasteiger partial charge in [-0.15, -0.1) is 5.10 Å². The van der Waals surface area contributed by atoms with Crippen molar-refractivity contribution in [3.05, 3.63) is 244 Å². The minimum absolute atomic E-state index is 0.138. The summed E-state index contributed by atoms with van der Waals surface area (Å²) in [7, 11) is 0. The van der Waals surface area contributed by atoms with E-state index in [1.165, 1.54) is 94.7 Å². The molecule has 0 saturated heterocycles. The van der Waals surface area contributed by atoms with Crippen molar-refractivity contribution < 1.29 is 4.58 Å². The van der Waals surface area contributed by atoms with Crippen LogP contribution >= 0.6 is 0 Å². The van der Waals surface area contributed by atoms with Gasteiger partial charge in [0.25, 0.3) is 0 Å². The van der Waals surface area contributed by atoms with Crippen molar-refractivity contribution >= 4 is 11.4 Å². The van der Waals surface area contributed by atoms with Crippen LogP contribution in [0.3, 0.4) is 0 Å². The Balaban J connectivity index is 1.21. The lowest BCUT2D eigenvalue weighted by molar-refractivity contribution is -0.444. The van der Waals surface area contributed by atoms with Crippen LogP contribution in [0.1, 0.15) is 62.7 Å². The fraction of sp³-hybridized carbons (Fsp3) is 0.115. The third-order valence-electron chi connectivity index (χ3n) is 13.5. The smallest absolute Gasteiger partial charge is 0.193 e. The summed E-state index contributed by atoms with van der Waals surface area (Å²) in [5.74, 6) is -0.138. The Morgan fingerprint density at radius 3 is 1.46 bits per heavy atom. The molecule has 0 atom stereocenters. The SMILES string of the molecule is Cc1nnc(C)c([N+]2=C(CCc3ccc(C#N)cc3)c3ccccc3CC2)c1C1c2cc(-c3ccccc3)c(-c3ccccc3)cc2-c2cc(-c3ccccc3)c(-c3ccccc3)cc21. The molecule has 4 nitrogen and oxygen atoms in total. The standard InChI is InChI=1S/C61H47N4/c1-40-59(61(41(2)64-63-40)65-34-33-48-25-15-16-26-49(48)58(65)32-31-42-27-29-43(39-62)30-28-42)60-56-37-52(46-21-11-5-12-22-46)50(44-17-7-3-8-18-44)35-54(56)55-36-51(45-19-9-4-10-20-45)53(38-57(55)60)47-23-13-6-14-24-47/h3-30,35-38,60H,31-34H2,1-2H3/q+1. The molecule has 0 saturated carbocycles. The molecule has 0 unspecified atom stereocenters. The predicted molar refractivity (Wildman–Crippen MR) is 265 cm³/mol. The minimum atomic E-state index is -0.138.